The highest BCUT2D eigenvalue weighted by molar-refractivity contribution is 9.10. The number of aliphatic imine (C=N–C) groups is 2. The zero-order valence-electron chi connectivity index (χ0n) is 24.1. The smallest absolute Gasteiger partial charge is 0.131 e. The Morgan fingerprint density at radius 2 is 1.21 bits per heavy atom. The van der Waals surface area contributed by atoms with Crippen molar-refractivity contribution in [3.8, 4) is 0 Å². The molecule has 5 rings (SSSR count). The average Bonchev–Trinajstić information content (AvgIpc) is 3.35. The van der Waals surface area contributed by atoms with Crippen molar-refractivity contribution in [1.82, 2.24) is 0 Å². The fourth-order valence-corrected chi connectivity index (χ4v) is 5.26. The molecule has 42 heavy (non-hydrogen) atoms. The summed E-state index contributed by atoms with van der Waals surface area (Å²) in [7, 11) is 0. The second-order valence-corrected chi connectivity index (χ2v) is 13.8. The van der Waals surface area contributed by atoms with Crippen LogP contribution >= 0.6 is 31.9 Å². The number of halogens is 2. The van der Waals surface area contributed by atoms with Crippen LogP contribution in [0, 0.1) is 0 Å². The Morgan fingerprint density at radius 3 is 1.74 bits per heavy atom. The Kier molecular flexibility index (Phi) is 12.1. The molecule has 3 nitrogen and oxygen atoms in total. The third-order valence-electron chi connectivity index (χ3n) is 6.92. The van der Waals surface area contributed by atoms with Gasteiger partial charge < -0.3 is 5.73 Å². The second-order valence-electron chi connectivity index (χ2n) is 12.1. The number of para-hydroxylation sites is 1. The van der Waals surface area contributed by atoms with E-state index in [0.717, 1.165) is 38.0 Å². The monoisotopic (exact) mass is 689 g/mol. The summed E-state index contributed by atoms with van der Waals surface area (Å²) in [4.78, 5) is 9.23. The Bertz CT molecular complexity index is 1540. The summed E-state index contributed by atoms with van der Waals surface area (Å²) in [6.45, 7) is 13.3. The summed E-state index contributed by atoms with van der Waals surface area (Å²) in [6.07, 6.45) is 0.908. The minimum absolute atomic E-state index is 0. The van der Waals surface area contributed by atoms with E-state index in [2.05, 4.69) is 127 Å². The van der Waals surface area contributed by atoms with Crippen LogP contribution < -0.4 is 5.73 Å². The Balaban J connectivity index is 0.000000280. The van der Waals surface area contributed by atoms with Gasteiger partial charge in [-0.05, 0) is 73.3 Å². The molecule has 0 saturated heterocycles. The van der Waals surface area contributed by atoms with Gasteiger partial charge in [0.15, 0.2) is 0 Å². The largest absolute Gasteiger partial charge is 0.383 e. The molecule has 0 spiro atoms. The molecule has 4 aromatic rings. The first-order chi connectivity index (χ1) is 18.8. The molecule has 1 aliphatic heterocycles. The van der Waals surface area contributed by atoms with E-state index >= 15 is 0 Å². The molecule has 1 aliphatic rings. The Morgan fingerprint density at radius 1 is 0.690 bits per heavy atom. The fraction of sp³-hybridized carbons (Fsp3) is 0.297. The molecule has 222 valence electrons. The number of amidine groups is 1. The van der Waals surface area contributed by atoms with E-state index in [1.807, 2.05) is 42.5 Å². The fourth-order valence-electron chi connectivity index (χ4n) is 4.39. The lowest BCUT2D eigenvalue weighted by molar-refractivity contribution is 0.590. The first kappa shape index (κ1) is 35.2. The highest BCUT2D eigenvalue weighted by atomic mass is 79.9. The number of rotatable bonds is 3. The van der Waals surface area contributed by atoms with E-state index < -0.39 is 0 Å². The third kappa shape index (κ3) is 8.75. The van der Waals surface area contributed by atoms with Gasteiger partial charge in [-0.2, -0.15) is 0 Å². The molecule has 0 aromatic heterocycles. The van der Waals surface area contributed by atoms with E-state index in [-0.39, 0.29) is 25.7 Å². The van der Waals surface area contributed by atoms with Crippen LogP contribution in [0.1, 0.15) is 84.2 Å². The number of nitrogens with two attached hydrogens (primary N) is 1. The normalized spacial score (nSPS) is 12.7. The molecule has 0 atom stereocenters. The molecular formula is C37H45Br2N3. The molecule has 0 fully saturated rings. The van der Waals surface area contributed by atoms with Crippen LogP contribution in [0.2, 0.25) is 0 Å². The van der Waals surface area contributed by atoms with Crippen molar-refractivity contribution in [2.75, 3.05) is 0 Å². The van der Waals surface area contributed by atoms with Gasteiger partial charge in [-0.3, -0.25) is 4.99 Å². The number of nitrogens with zero attached hydrogens (tertiary/aromatic N) is 2. The van der Waals surface area contributed by atoms with Crippen LogP contribution in [-0.4, -0.2) is 11.5 Å². The van der Waals surface area contributed by atoms with E-state index in [4.69, 9.17) is 10.7 Å². The highest BCUT2D eigenvalue weighted by Crippen LogP contribution is 2.34. The van der Waals surface area contributed by atoms with Crippen LogP contribution in [0.5, 0.6) is 0 Å². The molecular weight excluding hydrogens is 646 g/mol. The van der Waals surface area contributed by atoms with Gasteiger partial charge in [0.1, 0.15) is 5.84 Å². The topological polar surface area (TPSA) is 50.7 Å². The number of benzene rings is 4. The van der Waals surface area contributed by atoms with Gasteiger partial charge in [0.05, 0.1) is 17.1 Å². The van der Waals surface area contributed by atoms with E-state index in [1.165, 1.54) is 22.3 Å². The summed E-state index contributed by atoms with van der Waals surface area (Å²) in [5.41, 5.74) is 15.6. The molecule has 4 aromatic carbocycles. The Labute approximate surface area is 270 Å². The summed E-state index contributed by atoms with van der Waals surface area (Å²) < 4.78 is 2.09. The summed E-state index contributed by atoms with van der Waals surface area (Å²) in [6, 6.07) is 31.1. The van der Waals surface area contributed by atoms with Crippen molar-refractivity contribution < 1.29 is 0 Å². The zero-order chi connectivity index (χ0) is 29.1. The van der Waals surface area contributed by atoms with Gasteiger partial charge in [0.25, 0.3) is 0 Å². The van der Waals surface area contributed by atoms with Gasteiger partial charge in [0.2, 0.25) is 0 Å². The standard InChI is InChI=1S/C18H18BrN.C17H19BrN2.2CH4/c1-18(2,3)13-9-7-12(8-10-13)17-11-14-15(19)5-4-6-16(14)20-17;1-17(2,3)13-10-8-12(9-11-13)16(19)20-15-7-5-4-6-14(15)18;;/h4-10H,11H2,1-3H3;4-11H,1-3H3,(H2,19,20);2*1H4. The number of hydrogen-bond acceptors (Lipinski definition) is 2. The quantitative estimate of drug-likeness (QED) is 0.169. The summed E-state index contributed by atoms with van der Waals surface area (Å²) in [5.74, 6) is 0.525. The molecule has 5 heteroatoms. The lowest BCUT2D eigenvalue weighted by atomic mass is 9.86. The number of hydrogen-bond donors (Lipinski definition) is 1. The van der Waals surface area contributed by atoms with Crippen LogP contribution in [0.15, 0.2) is 110 Å². The first-order valence-electron chi connectivity index (χ1n) is 13.5. The molecule has 0 radical (unpaired) electrons. The van der Waals surface area contributed by atoms with Crippen molar-refractivity contribution in [3.63, 3.8) is 0 Å². The average molecular weight is 692 g/mol. The van der Waals surface area contributed by atoms with Crippen molar-refractivity contribution >= 4 is 54.8 Å². The lowest BCUT2D eigenvalue weighted by Crippen LogP contribution is -2.15. The minimum atomic E-state index is 0. The molecule has 2 N–H and O–H groups in total. The van der Waals surface area contributed by atoms with Crippen LogP contribution in [0.3, 0.4) is 0 Å². The molecule has 0 bridgehead atoms. The summed E-state index contributed by atoms with van der Waals surface area (Å²) >= 11 is 7.08. The van der Waals surface area contributed by atoms with E-state index in [0.29, 0.717) is 5.84 Å². The van der Waals surface area contributed by atoms with Crippen molar-refractivity contribution in [1.29, 1.82) is 0 Å². The predicted molar refractivity (Wildman–Crippen MR) is 192 cm³/mol. The van der Waals surface area contributed by atoms with Gasteiger partial charge in [-0.1, -0.05) is 139 Å². The molecule has 1 heterocycles. The first-order valence-corrected chi connectivity index (χ1v) is 15.1. The lowest BCUT2D eigenvalue weighted by Gasteiger charge is -2.19. The van der Waals surface area contributed by atoms with Crippen molar-refractivity contribution in [2.45, 2.75) is 73.6 Å². The molecule has 0 aliphatic carbocycles. The van der Waals surface area contributed by atoms with Crippen molar-refractivity contribution in [3.05, 3.63) is 128 Å². The maximum Gasteiger partial charge on any atom is 0.131 e. The van der Waals surface area contributed by atoms with Crippen LogP contribution in [-0.2, 0) is 17.3 Å². The van der Waals surface area contributed by atoms with Crippen molar-refractivity contribution in [2.24, 2.45) is 15.7 Å². The predicted octanol–water partition coefficient (Wildman–Crippen LogP) is 11.5. The third-order valence-corrected chi connectivity index (χ3v) is 8.33. The highest BCUT2D eigenvalue weighted by Gasteiger charge is 2.19. The number of fused-ring (bicyclic) bond motifs is 1. The molecule has 0 unspecified atom stereocenters. The minimum Gasteiger partial charge on any atom is -0.383 e. The van der Waals surface area contributed by atoms with Gasteiger partial charge in [-0.15, -0.1) is 0 Å². The molecule has 0 saturated carbocycles. The van der Waals surface area contributed by atoms with Crippen LogP contribution in [0.25, 0.3) is 0 Å². The maximum absolute atomic E-state index is 6.08. The molecule has 0 amide bonds. The summed E-state index contributed by atoms with van der Waals surface area (Å²) in [5, 5.41) is 0. The second kappa shape index (κ2) is 14.4. The Hall–Kier alpha value is -3.02. The van der Waals surface area contributed by atoms with Gasteiger partial charge in [0, 0.05) is 20.9 Å². The SMILES string of the molecule is C.C.CC(C)(C)c1ccc(C(N)=Nc2ccccc2Br)cc1.CC(C)(C)c1ccc(C2=Nc3cccc(Br)c3C2)cc1. The van der Waals surface area contributed by atoms with E-state index in [1.54, 1.807) is 0 Å². The van der Waals surface area contributed by atoms with Gasteiger partial charge in [-0.25, -0.2) is 4.99 Å². The zero-order valence-corrected chi connectivity index (χ0v) is 27.3. The van der Waals surface area contributed by atoms with Gasteiger partial charge >= 0.3 is 0 Å². The van der Waals surface area contributed by atoms with E-state index in [9.17, 15) is 0 Å². The maximum atomic E-state index is 6.08. The van der Waals surface area contributed by atoms with Crippen LogP contribution in [0.4, 0.5) is 11.4 Å².